The summed E-state index contributed by atoms with van der Waals surface area (Å²) in [5, 5.41) is 3.62. The summed E-state index contributed by atoms with van der Waals surface area (Å²) >= 11 is 0. The summed E-state index contributed by atoms with van der Waals surface area (Å²) in [7, 11) is 0. The van der Waals surface area contributed by atoms with E-state index in [9.17, 15) is 0 Å². The standard InChI is InChI=1S/C15H24N2/c1-12(2)9-17-11-15(7-13(3)8-15)14-5-4-6-16-10-14/h4-6,10,12-13,17H,7-9,11H2,1-3H3. The van der Waals surface area contributed by atoms with Gasteiger partial charge in [-0.3, -0.25) is 4.98 Å². The van der Waals surface area contributed by atoms with Gasteiger partial charge >= 0.3 is 0 Å². The molecule has 0 bridgehead atoms. The average Bonchev–Trinajstić information content (AvgIpc) is 2.27. The van der Waals surface area contributed by atoms with Crippen LogP contribution in [0.3, 0.4) is 0 Å². The van der Waals surface area contributed by atoms with Crippen LogP contribution in [-0.2, 0) is 5.41 Å². The first-order chi connectivity index (χ1) is 8.12. The number of hydrogen-bond acceptors (Lipinski definition) is 2. The first-order valence-electron chi connectivity index (χ1n) is 6.73. The Morgan fingerprint density at radius 1 is 1.47 bits per heavy atom. The molecule has 94 valence electrons. The number of nitrogens with zero attached hydrogens (tertiary/aromatic N) is 1. The van der Waals surface area contributed by atoms with Crippen LogP contribution in [0.15, 0.2) is 24.5 Å². The third kappa shape index (κ3) is 2.86. The molecule has 0 amide bonds. The molecule has 0 spiro atoms. The van der Waals surface area contributed by atoms with E-state index in [1.165, 1.54) is 18.4 Å². The number of hydrogen-bond donors (Lipinski definition) is 1. The van der Waals surface area contributed by atoms with Crippen molar-refractivity contribution in [2.45, 2.75) is 39.0 Å². The molecular formula is C15H24N2. The van der Waals surface area contributed by atoms with Gasteiger partial charge in [-0.25, -0.2) is 0 Å². The van der Waals surface area contributed by atoms with Crippen LogP contribution in [-0.4, -0.2) is 18.1 Å². The largest absolute Gasteiger partial charge is 0.316 e. The Labute approximate surface area is 105 Å². The fourth-order valence-electron chi connectivity index (χ4n) is 3.03. The van der Waals surface area contributed by atoms with E-state index in [-0.39, 0.29) is 0 Å². The molecule has 1 N–H and O–H groups in total. The maximum Gasteiger partial charge on any atom is 0.0306 e. The van der Waals surface area contributed by atoms with E-state index >= 15 is 0 Å². The van der Waals surface area contributed by atoms with Gasteiger partial charge < -0.3 is 5.32 Å². The summed E-state index contributed by atoms with van der Waals surface area (Å²) in [6, 6.07) is 4.29. The molecule has 1 aliphatic carbocycles. The van der Waals surface area contributed by atoms with Gasteiger partial charge in [0.15, 0.2) is 0 Å². The summed E-state index contributed by atoms with van der Waals surface area (Å²) in [4.78, 5) is 4.27. The lowest BCUT2D eigenvalue weighted by Crippen LogP contribution is -2.48. The van der Waals surface area contributed by atoms with E-state index in [2.05, 4.69) is 43.2 Å². The summed E-state index contributed by atoms with van der Waals surface area (Å²) in [5.74, 6) is 1.58. The summed E-state index contributed by atoms with van der Waals surface area (Å²) < 4.78 is 0. The molecule has 0 aliphatic heterocycles. The number of aromatic nitrogens is 1. The minimum atomic E-state index is 0.350. The topological polar surface area (TPSA) is 24.9 Å². The van der Waals surface area contributed by atoms with Crippen molar-refractivity contribution in [1.29, 1.82) is 0 Å². The molecule has 2 heteroatoms. The van der Waals surface area contributed by atoms with E-state index in [0.29, 0.717) is 5.41 Å². The summed E-state index contributed by atoms with van der Waals surface area (Å²) in [6.07, 6.45) is 6.50. The first-order valence-corrected chi connectivity index (χ1v) is 6.73. The van der Waals surface area contributed by atoms with E-state index in [4.69, 9.17) is 0 Å². The molecule has 2 nitrogen and oxygen atoms in total. The van der Waals surface area contributed by atoms with Crippen molar-refractivity contribution in [3.05, 3.63) is 30.1 Å². The Hall–Kier alpha value is -0.890. The van der Waals surface area contributed by atoms with Crippen molar-refractivity contribution < 1.29 is 0 Å². The van der Waals surface area contributed by atoms with Crippen LogP contribution in [0.4, 0.5) is 0 Å². The quantitative estimate of drug-likeness (QED) is 0.844. The molecule has 0 atom stereocenters. The second-order valence-electron chi connectivity index (χ2n) is 6.06. The normalized spacial score (nSPS) is 28.1. The van der Waals surface area contributed by atoms with Crippen molar-refractivity contribution in [1.82, 2.24) is 10.3 Å². The Morgan fingerprint density at radius 3 is 2.76 bits per heavy atom. The monoisotopic (exact) mass is 232 g/mol. The molecule has 0 aromatic carbocycles. The van der Waals surface area contributed by atoms with Gasteiger partial charge in [0.1, 0.15) is 0 Å². The molecule has 0 radical (unpaired) electrons. The summed E-state index contributed by atoms with van der Waals surface area (Å²) in [6.45, 7) is 9.06. The first kappa shape index (κ1) is 12.6. The lowest BCUT2D eigenvalue weighted by atomic mass is 9.59. The van der Waals surface area contributed by atoms with Crippen LogP contribution in [0.25, 0.3) is 0 Å². The van der Waals surface area contributed by atoms with Crippen LogP contribution in [0.1, 0.15) is 39.2 Å². The molecular weight excluding hydrogens is 208 g/mol. The van der Waals surface area contributed by atoms with Crippen molar-refractivity contribution in [3.63, 3.8) is 0 Å². The minimum absolute atomic E-state index is 0.350. The molecule has 1 saturated carbocycles. The van der Waals surface area contributed by atoms with Gasteiger partial charge in [-0.05, 0) is 42.9 Å². The van der Waals surface area contributed by atoms with E-state index < -0.39 is 0 Å². The minimum Gasteiger partial charge on any atom is -0.316 e. The average molecular weight is 232 g/mol. The number of rotatable bonds is 5. The van der Waals surface area contributed by atoms with Crippen LogP contribution >= 0.6 is 0 Å². The molecule has 1 fully saturated rings. The third-order valence-corrected chi connectivity index (χ3v) is 3.77. The van der Waals surface area contributed by atoms with Crippen molar-refractivity contribution in [2.24, 2.45) is 11.8 Å². The Balaban J connectivity index is 2.01. The number of nitrogens with one attached hydrogen (secondary N) is 1. The second kappa shape index (κ2) is 5.18. The van der Waals surface area contributed by atoms with Gasteiger partial charge in [0.05, 0.1) is 0 Å². The van der Waals surface area contributed by atoms with Gasteiger partial charge in [-0.15, -0.1) is 0 Å². The zero-order valence-electron chi connectivity index (χ0n) is 11.2. The zero-order valence-corrected chi connectivity index (χ0v) is 11.2. The molecule has 0 saturated heterocycles. The van der Waals surface area contributed by atoms with E-state index in [1.807, 2.05) is 12.4 Å². The summed E-state index contributed by atoms with van der Waals surface area (Å²) in [5.41, 5.74) is 1.76. The van der Waals surface area contributed by atoms with Crippen LogP contribution in [0.2, 0.25) is 0 Å². The molecule has 1 aromatic rings. The van der Waals surface area contributed by atoms with E-state index in [1.54, 1.807) is 0 Å². The predicted octanol–water partition coefficient (Wildman–Crippen LogP) is 2.99. The molecule has 17 heavy (non-hydrogen) atoms. The van der Waals surface area contributed by atoms with Gasteiger partial charge in [-0.2, -0.15) is 0 Å². The predicted molar refractivity (Wildman–Crippen MR) is 72.0 cm³/mol. The van der Waals surface area contributed by atoms with Crippen molar-refractivity contribution >= 4 is 0 Å². The van der Waals surface area contributed by atoms with Crippen molar-refractivity contribution in [3.8, 4) is 0 Å². The van der Waals surface area contributed by atoms with E-state index in [0.717, 1.165) is 24.9 Å². The molecule has 1 aliphatic rings. The molecule has 2 rings (SSSR count). The lowest BCUT2D eigenvalue weighted by molar-refractivity contribution is 0.151. The Bertz CT molecular complexity index is 339. The van der Waals surface area contributed by atoms with Gasteiger partial charge in [0.2, 0.25) is 0 Å². The maximum absolute atomic E-state index is 4.27. The lowest BCUT2D eigenvalue weighted by Gasteiger charge is -2.47. The van der Waals surface area contributed by atoms with Crippen LogP contribution in [0, 0.1) is 11.8 Å². The SMILES string of the molecule is CC(C)CNCC1(c2cccnc2)CC(C)C1. The highest BCUT2D eigenvalue weighted by Crippen LogP contribution is 2.46. The highest BCUT2D eigenvalue weighted by Gasteiger charge is 2.43. The highest BCUT2D eigenvalue weighted by molar-refractivity contribution is 5.26. The van der Waals surface area contributed by atoms with Gasteiger partial charge in [0, 0.05) is 24.4 Å². The molecule has 0 unspecified atom stereocenters. The Morgan fingerprint density at radius 2 is 2.24 bits per heavy atom. The number of pyridine rings is 1. The van der Waals surface area contributed by atoms with Crippen LogP contribution < -0.4 is 5.32 Å². The van der Waals surface area contributed by atoms with Gasteiger partial charge in [-0.1, -0.05) is 26.8 Å². The fourth-order valence-corrected chi connectivity index (χ4v) is 3.03. The third-order valence-electron chi connectivity index (χ3n) is 3.77. The second-order valence-corrected chi connectivity index (χ2v) is 6.06. The molecule has 1 heterocycles. The molecule has 1 aromatic heterocycles. The maximum atomic E-state index is 4.27. The smallest absolute Gasteiger partial charge is 0.0306 e. The Kier molecular flexibility index (Phi) is 3.82. The fraction of sp³-hybridized carbons (Fsp3) is 0.667. The van der Waals surface area contributed by atoms with Gasteiger partial charge in [0.25, 0.3) is 0 Å². The highest BCUT2D eigenvalue weighted by atomic mass is 14.9. The van der Waals surface area contributed by atoms with Crippen LogP contribution in [0.5, 0.6) is 0 Å². The van der Waals surface area contributed by atoms with Crippen molar-refractivity contribution in [2.75, 3.05) is 13.1 Å². The zero-order chi connectivity index (χ0) is 12.3.